The Morgan fingerprint density at radius 1 is 0.897 bits per heavy atom. The zero-order valence-corrected chi connectivity index (χ0v) is 19.7. The first kappa shape index (κ1) is 22.1. The lowest BCUT2D eigenvalue weighted by Crippen LogP contribution is -2.48. The Morgan fingerprint density at radius 3 is 2.24 bits per heavy atom. The fourth-order valence-corrected chi connectivity index (χ4v) is 8.94. The maximum atomic E-state index is 11.9. The van der Waals surface area contributed by atoms with Crippen molar-refractivity contribution < 1.29 is 9.53 Å². The fourth-order valence-electron chi connectivity index (χ4n) is 5.08. The summed E-state index contributed by atoms with van der Waals surface area (Å²) >= 11 is 0. The average Bonchev–Trinajstić information content (AvgIpc) is 3.09. The number of H-pyrrole nitrogens is 1. The van der Waals surface area contributed by atoms with Crippen molar-refractivity contribution in [1.29, 1.82) is 0 Å². The van der Waals surface area contributed by atoms with Crippen molar-refractivity contribution in [2.75, 3.05) is 6.61 Å². The molecule has 2 bridgehead atoms. The molecule has 2 aromatic rings. The van der Waals surface area contributed by atoms with Gasteiger partial charge in [0.2, 0.25) is 0 Å². The van der Waals surface area contributed by atoms with Crippen LogP contribution in [0.4, 0.5) is 0 Å². The number of carbonyl (C=O) groups is 1. The van der Waals surface area contributed by atoms with Crippen LogP contribution in [0.2, 0.25) is 18.1 Å². The van der Waals surface area contributed by atoms with E-state index in [-0.39, 0.29) is 5.97 Å². The van der Waals surface area contributed by atoms with Gasteiger partial charge >= 0.3 is 5.97 Å². The summed E-state index contributed by atoms with van der Waals surface area (Å²) in [5.74, 6) is -0.0348. The number of nitrogens with one attached hydrogen (secondary N) is 1. The molecule has 0 saturated heterocycles. The van der Waals surface area contributed by atoms with E-state index in [2.05, 4.69) is 44.0 Å². The summed E-state index contributed by atoms with van der Waals surface area (Å²) in [4.78, 5) is 15.8. The zero-order chi connectivity index (χ0) is 20.7. The van der Waals surface area contributed by atoms with Gasteiger partial charge in [-0.15, -0.1) is 0 Å². The summed E-state index contributed by atoms with van der Waals surface area (Å²) in [6, 6.07) is 10.7. The minimum absolute atomic E-state index is 0.0348. The summed E-state index contributed by atoms with van der Waals surface area (Å²) in [6.45, 7) is 7.68. The van der Waals surface area contributed by atoms with Gasteiger partial charge in [0.1, 0.15) is 8.07 Å². The second kappa shape index (κ2) is 10.5. The summed E-state index contributed by atoms with van der Waals surface area (Å²) in [7, 11) is -1.47. The number of carbonyl (C=O) groups excluding carboxylic acids is 1. The molecular formula is C25H39NO2Si. The number of fused-ring (bicyclic) bond motifs is 1. The number of esters is 1. The molecule has 160 valence electrons. The maximum absolute atomic E-state index is 11.9. The third kappa shape index (κ3) is 5.14. The summed E-state index contributed by atoms with van der Waals surface area (Å²) in [5.41, 5.74) is 4.17. The number of aryl methyl sites for hydroxylation is 1. The molecule has 0 aliphatic carbocycles. The molecule has 3 nitrogen and oxygen atoms in total. The van der Waals surface area contributed by atoms with Crippen LogP contribution < -0.4 is 5.32 Å². The van der Waals surface area contributed by atoms with Crippen LogP contribution in [0.3, 0.4) is 0 Å². The summed E-state index contributed by atoms with van der Waals surface area (Å²) in [6.07, 6.45) is 9.75. The second-order valence-electron chi connectivity index (χ2n) is 8.79. The minimum Gasteiger partial charge on any atom is -0.465 e. The Labute approximate surface area is 177 Å². The van der Waals surface area contributed by atoms with E-state index in [9.17, 15) is 4.79 Å². The highest BCUT2D eigenvalue weighted by Crippen LogP contribution is 2.28. The van der Waals surface area contributed by atoms with E-state index in [4.69, 9.17) is 4.74 Å². The Hall–Kier alpha value is -1.55. The van der Waals surface area contributed by atoms with Gasteiger partial charge in [0.15, 0.2) is 0 Å². The van der Waals surface area contributed by atoms with Gasteiger partial charge in [-0.3, -0.25) is 4.79 Å². The number of ether oxygens (including phenoxy) is 1. The molecule has 1 N–H and O–H groups in total. The third-order valence-corrected chi connectivity index (χ3v) is 12.8. The predicted molar refractivity (Wildman–Crippen MR) is 126 cm³/mol. The van der Waals surface area contributed by atoms with Crippen LogP contribution in [0.1, 0.15) is 76.8 Å². The molecule has 2 heterocycles. The van der Waals surface area contributed by atoms with Gasteiger partial charge in [0.25, 0.3) is 0 Å². The van der Waals surface area contributed by atoms with Crippen LogP contribution in [-0.2, 0) is 22.4 Å². The van der Waals surface area contributed by atoms with Crippen LogP contribution in [0, 0.1) is 0 Å². The van der Waals surface area contributed by atoms with Gasteiger partial charge < -0.3 is 9.72 Å². The Bertz CT molecular complexity index is 798. The summed E-state index contributed by atoms with van der Waals surface area (Å²) in [5, 5.41) is 3.04. The molecule has 29 heavy (non-hydrogen) atoms. The van der Waals surface area contributed by atoms with Crippen molar-refractivity contribution in [1.82, 2.24) is 4.98 Å². The zero-order valence-electron chi connectivity index (χ0n) is 18.7. The molecule has 0 spiro atoms. The number of benzene rings is 1. The standard InChI is InChI=1S/C25H39NO2Si/c1-4-29(5-2,6-3)25-21-13-11-9-7-8-10-12-14-24(27)28-18-17-20-15-16-23(26-25)22(21)19-20/h15-16,19,26H,4-14,17-18H2,1-3H3. The van der Waals surface area contributed by atoms with Gasteiger partial charge in [-0.25, -0.2) is 0 Å². The number of aromatic amines is 1. The molecular weight excluding hydrogens is 374 g/mol. The molecule has 0 unspecified atom stereocenters. The monoisotopic (exact) mass is 413 g/mol. The number of hydrogen-bond donors (Lipinski definition) is 1. The fraction of sp³-hybridized carbons (Fsp3) is 0.640. The van der Waals surface area contributed by atoms with Crippen molar-refractivity contribution in [3.8, 4) is 0 Å². The van der Waals surface area contributed by atoms with Crippen molar-refractivity contribution in [2.24, 2.45) is 0 Å². The van der Waals surface area contributed by atoms with Crippen LogP contribution in [-0.4, -0.2) is 25.6 Å². The molecule has 1 aromatic heterocycles. The molecule has 1 aliphatic rings. The number of rotatable bonds is 4. The first-order chi connectivity index (χ1) is 14.1. The van der Waals surface area contributed by atoms with Crippen molar-refractivity contribution >= 4 is 30.3 Å². The Kier molecular flexibility index (Phi) is 7.99. The van der Waals surface area contributed by atoms with E-state index in [1.807, 2.05) is 0 Å². The molecule has 0 saturated carbocycles. The topological polar surface area (TPSA) is 42.1 Å². The lowest BCUT2D eigenvalue weighted by molar-refractivity contribution is -0.143. The molecule has 3 rings (SSSR count). The lowest BCUT2D eigenvalue weighted by Gasteiger charge is -2.28. The lowest BCUT2D eigenvalue weighted by atomic mass is 10.0. The first-order valence-electron chi connectivity index (χ1n) is 11.9. The van der Waals surface area contributed by atoms with Crippen LogP contribution in [0.25, 0.3) is 10.9 Å². The first-order valence-corrected chi connectivity index (χ1v) is 14.5. The Balaban J connectivity index is 1.97. The molecule has 1 aromatic carbocycles. The molecule has 1 aliphatic heterocycles. The highest BCUT2D eigenvalue weighted by molar-refractivity contribution is 6.91. The minimum atomic E-state index is -1.47. The van der Waals surface area contributed by atoms with Crippen molar-refractivity contribution in [3.05, 3.63) is 29.3 Å². The highest BCUT2D eigenvalue weighted by Gasteiger charge is 2.33. The van der Waals surface area contributed by atoms with E-state index in [0.29, 0.717) is 13.0 Å². The number of cyclic esters (lactones) is 1. The van der Waals surface area contributed by atoms with Gasteiger partial charge in [0.05, 0.1) is 6.61 Å². The predicted octanol–water partition coefficient (Wildman–Crippen LogP) is 6.26. The largest absolute Gasteiger partial charge is 0.465 e. The van der Waals surface area contributed by atoms with Gasteiger partial charge in [-0.05, 0) is 42.5 Å². The van der Waals surface area contributed by atoms with E-state index in [1.165, 1.54) is 66.7 Å². The third-order valence-electron chi connectivity index (χ3n) is 7.24. The van der Waals surface area contributed by atoms with E-state index < -0.39 is 8.07 Å². The molecule has 0 amide bonds. The molecule has 0 radical (unpaired) electrons. The van der Waals surface area contributed by atoms with E-state index in [1.54, 1.807) is 10.9 Å². The van der Waals surface area contributed by atoms with Crippen LogP contribution in [0.5, 0.6) is 0 Å². The van der Waals surface area contributed by atoms with E-state index >= 15 is 0 Å². The molecule has 0 fully saturated rings. The number of hydrogen-bond acceptors (Lipinski definition) is 2. The van der Waals surface area contributed by atoms with Gasteiger partial charge in [-0.1, -0.05) is 70.7 Å². The van der Waals surface area contributed by atoms with Crippen LogP contribution in [0.15, 0.2) is 18.2 Å². The smallest absolute Gasteiger partial charge is 0.305 e. The van der Waals surface area contributed by atoms with E-state index in [0.717, 1.165) is 19.3 Å². The summed E-state index contributed by atoms with van der Waals surface area (Å²) < 4.78 is 5.48. The average molecular weight is 414 g/mol. The SMILES string of the molecule is CC[Si](CC)(CC)c1[nH]c2ccc3cc2c1CCCCCCCCC(=O)OCC3. The molecule has 0 atom stereocenters. The van der Waals surface area contributed by atoms with Crippen molar-refractivity contribution in [2.45, 2.75) is 96.7 Å². The quantitative estimate of drug-likeness (QED) is 0.475. The second-order valence-corrected chi connectivity index (χ2v) is 14.0. The van der Waals surface area contributed by atoms with Gasteiger partial charge in [-0.2, -0.15) is 0 Å². The van der Waals surface area contributed by atoms with Crippen LogP contribution >= 0.6 is 0 Å². The normalized spacial score (nSPS) is 17.6. The Morgan fingerprint density at radius 2 is 1.55 bits per heavy atom. The highest BCUT2D eigenvalue weighted by atomic mass is 28.3. The van der Waals surface area contributed by atoms with Gasteiger partial charge in [0, 0.05) is 29.1 Å². The maximum Gasteiger partial charge on any atom is 0.305 e. The number of aromatic nitrogens is 1. The molecule has 4 heteroatoms. The van der Waals surface area contributed by atoms with Crippen molar-refractivity contribution in [3.63, 3.8) is 0 Å².